The Balaban J connectivity index is 1.59. The van der Waals surface area contributed by atoms with Crippen LogP contribution in [0.5, 0.6) is 0 Å². The van der Waals surface area contributed by atoms with Crippen molar-refractivity contribution in [2.45, 2.75) is 26.3 Å². The van der Waals surface area contributed by atoms with Crippen LogP contribution in [-0.4, -0.2) is 15.3 Å². The van der Waals surface area contributed by atoms with E-state index >= 15 is 0 Å². The second-order valence-corrected chi connectivity index (χ2v) is 6.38. The van der Waals surface area contributed by atoms with E-state index in [2.05, 4.69) is 57.4 Å². The molecule has 5 heteroatoms. The molecule has 0 aliphatic carbocycles. The van der Waals surface area contributed by atoms with Crippen molar-refractivity contribution in [3.63, 3.8) is 0 Å². The number of benzene rings is 1. The zero-order valence-electron chi connectivity index (χ0n) is 12.9. The predicted octanol–water partition coefficient (Wildman–Crippen LogP) is 3.52. The van der Waals surface area contributed by atoms with Gasteiger partial charge in [-0.2, -0.15) is 0 Å². The number of aromatic nitrogens is 2. The highest BCUT2D eigenvalue weighted by molar-refractivity contribution is 9.10. The van der Waals surface area contributed by atoms with Crippen LogP contribution in [0, 0.1) is 0 Å². The van der Waals surface area contributed by atoms with Gasteiger partial charge in [-0.05, 0) is 45.6 Å². The number of nitrogens with one attached hydrogen (secondary N) is 1. The van der Waals surface area contributed by atoms with E-state index in [0.29, 0.717) is 6.54 Å². The summed E-state index contributed by atoms with van der Waals surface area (Å²) in [5, 5.41) is 2.94. The van der Waals surface area contributed by atoms with Gasteiger partial charge in [-0.25, -0.2) is 4.98 Å². The Morgan fingerprint density at radius 3 is 2.61 bits per heavy atom. The van der Waals surface area contributed by atoms with Crippen LogP contribution >= 0.6 is 15.9 Å². The average molecular weight is 372 g/mol. The zero-order valence-corrected chi connectivity index (χ0v) is 14.5. The van der Waals surface area contributed by atoms with Crippen molar-refractivity contribution in [1.82, 2.24) is 14.7 Å². The minimum Gasteiger partial charge on any atom is -0.352 e. The summed E-state index contributed by atoms with van der Waals surface area (Å²) in [6, 6.07) is 12.2. The number of hydrogen-bond acceptors (Lipinski definition) is 2. The molecule has 0 saturated carbocycles. The third kappa shape index (κ3) is 3.99. The summed E-state index contributed by atoms with van der Waals surface area (Å²) in [6.45, 7) is 2.67. The highest BCUT2D eigenvalue weighted by atomic mass is 79.9. The highest BCUT2D eigenvalue weighted by Crippen LogP contribution is 2.13. The first-order chi connectivity index (χ1) is 11.1. The Hall–Kier alpha value is -2.14. The van der Waals surface area contributed by atoms with Crippen molar-refractivity contribution in [3.05, 3.63) is 70.1 Å². The number of aryl methyl sites for hydroxylation is 1. The third-order valence-corrected chi connectivity index (χ3v) is 4.20. The van der Waals surface area contributed by atoms with Gasteiger partial charge in [-0.15, -0.1) is 0 Å². The fourth-order valence-electron chi connectivity index (χ4n) is 2.42. The molecule has 0 saturated heterocycles. The Morgan fingerprint density at radius 1 is 1.13 bits per heavy atom. The summed E-state index contributed by atoms with van der Waals surface area (Å²) in [7, 11) is 0. The van der Waals surface area contributed by atoms with Crippen molar-refractivity contribution in [2.24, 2.45) is 0 Å². The van der Waals surface area contributed by atoms with Crippen molar-refractivity contribution in [2.75, 3.05) is 0 Å². The van der Waals surface area contributed by atoms with E-state index in [0.717, 1.165) is 27.8 Å². The van der Waals surface area contributed by atoms with Crippen molar-refractivity contribution in [3.8, 4) is 0 Å². The van der Waals surface area contributed by atoms with Gasteiger partial charge >= 0.3 is 0 Å². The van der Waals surface area contributed by atoms with Gasteiger partial charge in [0.05, 0.1) is 12.1 Å². The Kier molecular flexibility index (Phi) is 4.76. The molecule has 0 spiro atoms. The fourth-order valence-corrected chi connectivity index (χ4v) is 2.78. The minimum atomic E-state index is -0.0213. The molecule has 3 rings (SSSR count). The largest absolute Gasteiger partial charge is 0.352 e. The van der Waals surface area contributed by atoms with Crippen molar-refractivity contribution < 1.29 is 4.79 Å². The topological polar surface area (TPSA) is 46.4 Å². The van der Waals surface area contributed by atoms with Crippen LogP contribution < -0.4 is 5.32 Å². The molecular weight excluding hydrogens is 354 g/mol. The van der Waals surface area contributed by atoms with E-state index in [1.54, 1.807) is 0 Å². The monoisotopic (exact) mass is 371 g/mol. The molecule has 23 heavy (non-hydrogen) atoms. The summed E-state index contributed by atoms with van der Waals surface area (Å²) >= 11 is 3.43. The summed E-state index contributed by atoms with van der Waals surface area (Å²) in [5.74, 6) is -0.0213. The Morgan fingerprint density at radius 2 is 1.87 bits per heavy atom. The summed E-state index contributed by atoms with van der Waals surface area (Å²) in [4.78, 5) is 16.5. The molecule has 118 valence electrons. The quantitative estimate of drug-likeness (QED) is 0.745. The van der Waals surface area contributed by atoms with Crippen LogP contribution in [0.15, 0.2) is 53.3 Å². The second-order valence-electron chi connectivity index (χ2n) is 5.47. The lowest BCUT2D eigenvalue weighted by Crippen LogP contribution is -2.24. The number of halogens is 1. The van der Waals surface area contributed by atoms with Crippen LogP contribution in [0.2, 0.25) is 0 Å². The van der Waals surface area contributed by atoms with Crippen LogP contribution in [-0.2, 0) is 24.2 Å². The van der Waals surface area contributed by atoms with Gasteiger partial charge in [0.2, 0.25) is 5.91 Å². The maximum absolute atomic E-state index is 12.1. The number of pyridine rings is 1. The van der Waals surface area contributed by atoms with Crippen molar-refractivity contribution >= 4 is 27.5 Å². The molecule has 2 aromatic heterocycles. The molecule has 1 aromatic carbocycles. The first-order valence-corrected chi connectivity index (χ1v) is 8.41. The number of hydrogen-bond donors (Lipinski definition) is 1. The van der Waals surface area contributed by atoms with Gasteiger partial charge in [-0.1, -0.05) is 31.2 Å². The molecule has 1 amide bonds. The Bertz CT molecular complexity index is 824. The lowest BCUT2D eigenvalue weighted by molar-refractivity contribution is -0.120. The molecule has 3 aromatic rings. The summed E-state index contributed by atoms with van der Waals surface area (Å²) in [5.41, 5.74) is 4.01. The van der Waals surface area contributed by atoms with Gasteiger partial charge in [0.25, 0.3) is 0 Å². The molecule has 0 unspecified atom stereocenters. The SMILES string of the molecule is CCc1ccc(CNC(=O)Cc2cn3cc(Br)ccc3n2)cc1. The maximum atomic E-state index is 12.1. The number of nitrogens with zero attached hydrogens (tertiary/aromatic N) is 2. The number of carbonyl (C=O) groups is 1. The lowest BCUT2D eigenvalue weighted by atomic mass is 10.1. The molecule has 0 atom stereocenters. The van der Waals surface area contributed by atoms with Gasteiger partial charge in [0.1, 0.15) is 5.65 Å². The lowest BCUT2D eigenvalue weighted by Gasteiger charge is -2.05. The number of amides is 1. The van der Waals surface area contributed by atoms with Crippen LogP contribution in [0.1, 0.15) is 23.7 Å². The second kappa shape index (κ2) is 6.96. The molecule has 0 bridgehead atoms. The number of fused-ring (bicyclic) bond motifs is 1. The summed E-state index contributed by atoms with van der Waals surface area (Å²) < 4.78 is 2.89. The molecule has 4 nitrogen and oxygen atoms in total. The van der Waals surface area contributed by atoms with E-state index in [9.17, 15) is 4.79 Å². The summed E-state index contributed by atoms with van der Waals surface area (Å²) in [6.07, 6.45) is 5.12. The van der Waals surface area contributed by atoms with E-state index in [1.807, 2.05) is 28.9 Å². The first kappa shape index (κ1) is 15.7. The van der Waals surface area contributed by atoms with E-state index in [4.69, 9.17) is 0 Å². The molecule has 0 aliphatic rings. The highest BCUT2D eigenvalue weighted by Gasteiger charge is 2.08. The van der Waals surface area contributed by atoms with Gasteiger partial charge in [-0.3, -0.25) is 4.79 Å². The van der Waals surface area contributed by atoms with Crippen LogP contribution in [0.25, 0.3) is 5.65 Å². The molecule has 0 fully saturated rings. The maximum Gasteiger partial charge on any atom is 0.226 e. The molecule has 0 aliphatic heterocycles. The smallest absolute Gasteiger partial charge is 0.226 e. The zero-order chi connectivity index (χ0) is 16.2. The number of rotatable bonds is 5. The van der Waals surface area contributed by atoms with Crippen LogP contribution in [0.3, 0.4) is 0 Å². The number of imidazole rings is 1. The third-order valence-electron chi connectivity index (χ3n) is 3.73. The molecule has 2 heterocycles. The first-order valence-electron chi connectivity index (χ1n) is 7.61. The van der Waals surface area contributed by atoms with E-state index in [-0.39, 0.29) is 12.3 Å². The molecule has 1 N–H and O–H groups in total. The van der Waals surface area contributed by atoms with Crippen molar-refractivity contribution in [1.29, 1.82) is 0 Å². The minimum absolute atomic E-state index is 0.0213. The average Bonchev–Trinajstić information content (AvgIpc) is 2.94. The molecular formula is C18H18BrN3O. The van der Waals surface area contributed by atoms with Gasteiger partial charge < -0.3 is 9.72 Å². The standard InChI is InChI=1S/C18H18BrN3O/c1-2-13-3-5-14(6-4-13)10-20-18(23)9-16-12-22-11-15(19)7-8-17(22)21-16/h3-8,11-12H,2,9-10H2,1H3,(H,20,23). The normalized spacial score (nSPS) is 10.9. The molecule has 0 radical (unpaired) electrons. The Labute approximate surface area is 143 Å². The number of carbonyl (C=O) groups excluding carboxylic acids is 1. The van der Waals surface area contributed by atoms with Gasteiger partial charge in [0.15, 0.2) is 0 Å². The fraction of sp³-hybridized carbons (Fsp3) is 0.222. The van der Waals surface area contributed by atoms with E-state index in [1.165, 1.54) is 5.56 Å². The van der Waals surface area contributed by atoms with E-state index < -0.39 is 0 Å². The predicted molar refractivity (Wildman–Crippen MR) is 94.3 cm³/mol. The van der Waals surface area contributed by atoms with Crippen LogP contribution in [0.4, 0.5) is 0 Å². The van der Waals surface area contributed by atoms with Gasteiger partial charge in [0, 0.05) is 23.4 Å².